The SMILES string of the molecule is O=C(Nc1cc(Cl)cc(Cl)c1)OCc1ccc(CCl)cc1. The zero-order valence-corrected chi connectivity index (χ0v) is 13.2. The van der Waals surface area contributed by atoms with Gasteiger partial charge in [0.25, 0.3) is 0 Å². The molecule has 0 fully saturated rings. The fourth-order valence-electron chi connectivity index (χ4n) is 1.65. The Morgan fingerprint density at radius 3 is 2.14 bits per heavy atom. The summed E-state index contributed by atoms with van der Waals surface area (Å²) in [7, 11) is 0. The molecule has 2 aromatic carbocycles. The molecular weight excluding hydrogens is 333 g/mol. The summed E-state index contributed by atoms with van der Waals surface area (Å²) in [6.45, 7) is 0.169. The van der Waals surface area contributed by atoms with E-state index in [2.05, 4.69) is 5.32 Å². The molecule has 0 aromatic heterocycles. The van der Waals surface area contributed by atoms with Crippen molar-refractivity contribution in [3.05, 3.63) is 63.6 Å². The first kappa shape index (κ1) is 16.0. The van der Waals surface area contributed by atoms with E-state index in [9.17, 15) is 4.79 Å². The normalized spacial score (nSPS) is 10.2. The number of carbonyl (C=O) groups excluding carboxylic acids is 1. The highest BCUT2D eigenvalue weighted by Gasteiger charge is 2.05. The van der Waals surface area contributed by atoms with E-state index in [4.69, 9.17) is 39.5 Å². The topological polar surface area (TPSA) is 38.3 Å². The van der Waals surface area contributed by atoms with Gasteiger partial charge in [-0.15, -0.1) is 11.6 Å². The second-order valence-corrected chi connectivity index (χ2v) is 5.45. The van der Waals surface area contributed by atoms with E-state index >= 15 is 0 Å². The number of rotatable bonds is 4. The molecule has 0 aliphatic heterocycles. The number of anilines is 1. The zero-order chi connectivity index (χ0) is 15.2. The standard InChI is InChI=1S/C15H12Cl3NO2/c16-8-10-1-3-11(4-2-10)9-21-15(20)19-14-6-12(17)5-13(18)7-14/h1-7H,8-9H2,(H,19,20). The fourth-order valence-corrected chi connectivity index (χ4v) is 2.36. The molecule has 0 aliphatic carbocycles. The molecule has 0 aliphatic rings. The van der Waals surface area contributed by atoms with Gasteiger partial charge < -0.3 is 4.74 Å². The van der Waals surface area contributed by atoms with Gasteiger partial charge in [0.15, 0.2) is 0 Å². The minimum atomic E-state index is -0.574. The molecule has 0 radical (unpaired) electrons. The van der Waals surface area contributed by atoms with Crippen molar-refractivity contribution in [2.45, 2.75) is 12.5 Å². The van der Waals surface area contributed by atoms with Gasteiger partial charge in [0, 0.05) is 21.6 Å². The number of alkyl halides is 1. The van der Waals surface area contributed by atoms with Crippen LogP contribution in [-0.2, 0) is 17.2 Å². The van der Waals surface area contributed by atoms with Crippen molar-refractivity contribution in [3.63, 3.8) is 0 Å². The number of amides is 1. The Kier molecular flexibility index (Phi) is 5.74. The largest absolute Gasteiger partial charge is 0.444 e. The zero-order valence-electron chi connectivity index (χ0n) is 10.9. The van der Waals surface area contributed by atoms with Gasteiger partial charge in [0.05, 0.1) is 0 Å². The Balaban J connectivity index is 1.89. The van der Waals surface area contributed by atoms with Crippen LogP contribution in [0, 0.1) is 0 Å². The lowest BCUT2D eigenvalue weighted by molar-refractivity contribution is 0.155. The molecule has 0 saturated carbocycles. The second kappa shape index (κ2) is 7.55. The summed E-state index contributed by atoms with van der Waals surface area (Å²) in [5.74, 6) is 0.456. The minimum Gasteiger partial charge on any atom is -0.444 e. The van der Waals surface area contributed by atoms with Crippen molar-refractivity contribution in [3.8, 4) is 0 Å². The summed E-state index contributed by atoms with van der Waals surface area (Å²) in [4.78, 5) is 11.7. The number of ether oxygens (including phenoxy) is 1. The molecule has 6 heteroatoms. The summed E-state index contributed by atoms with van der Waals surface area (Å²) in [5.41, 5.74) is 2.37. The number of hydrogen-bond acceptors (Lipinski definition) is 2. The van der Waals surface area contributed by atoms with E-state index in [-0.39, 0.29) is 6.61 Å². The first-order valence-electron chi connectivity index (χ1n) is 6.10. The maximum atomic E-state index is 11.7. The van der Waals surface area contributed by atoms with Gasteiger partial charge in [-0.2, -0.15) is 0 Å². The van der Waals surface area contributed by atoms with E-state index in [1.165, 1.54) is 0 Å². The fraction of sp³-hybridized carbons (Fsp3) is 0.133. The summed E-state index contributed by atoms with van der Waals surface area (Å²) in [6, 6.07) is 12.3. The Bertz CT molecular complexity index is 609. The van der Waals surface area contributed by atoms with Crippen molar-refractivity contribution < 1.29 is 9.53 Å². The molecule has 2 aromatic rings. The quantitative estimate of drug-likeness (QED) is 0.746. The number of nitrogens with one attached hydrogen (secondary N) is 1. The Morgan fingerprint density at radius 2 is 1.57 bits per heavy atom. The van der Waals surface area contributed by atoms with Crippen LogP contribution in [0.25, 0.3) is 0 Å². The summed E-state index contributed by atoms with van der Waals surface area (Å²) in [5, 5.41) is 3.44. The van der Waals surface area contributed by atoms with Crippen LogP contribution in [0.2, 0.25) is 10.0 Å². The van der Waals surface area contributed by atoms with E-state index in [1.807, 2.05) is 24.3 Å². The third-order valence-electron chi connectivity index (χ3n) is 2.66. The average molecular weight is 345 g/mol. The molecule has 0 heterocycles. The smallest absolute Gasteiger partial charge is 0.411 e. The Labute approximate surface area is 137 Å². The molecule has 0 unspecified atom stereocenters. The van der Waals surface area contributed by atoms with Crippen LogP contribution >= 0.6 is 34.8 Å². The van der Waals surface area contributed by atoms with Gasteiger partial charge in [-0.1, -0.05) is 47.5 Å². The third-order valence-corrected chi connectivity index (χ3v) is 3.40. The van der Waals surface area contributed by atoms with Crippen molar-refractivity contribution in [2.24, 2.45) is 0 Å². The third kappa shape index (κ3) is 5.12. The molecule has 1 amide bonds. The molecule has 0 bridgehead atoms. The van der Waals surface area contributed by atoms with Crippen molar-refractivity contribution >= 4 is 46.6 Å². The van der Waals surface area contributed by atoms with E-state index < -0.39 is 6.09 Å². The van der Waals surface area contributed by atoms with Crippen molar-refractivity contribution in [2.75, 3.05) is 5.32 Å². The predicted molar refractivity (Wildman–Crippen MR) is 86.3 cm³/mol. The second-order valence-electron chi connectivity index (χ2n) is 4.31. The van der Waals surface area contributed by atoms with Crippen molar-refractivity contribution in [1.82, 2.24) is 0 Å². The van der Waals surface area contributed by atoms with Gasteiger partial charge in [-0.3, -0.25) is 5.32 Å². The molecule has 0 saturated heterocycles. The maximum absolute atomic E-state index is 11.7. The highest BCUT2D eigenvalue weighted by Crippen LogP contribution is 2.22. The van der Waals surface area contributed by atoms with Gasteiger partial charge in [-0.05, 0) is 29.3 Å². The molecular formula is C15H12Cl3NO2. The van der Waals surface area contributed by atoms with E-state index in [1.54, 1.807) is 18.2 Å². The lowest BCUT2D eigenvalue weighted by Gasteiger charge is -2.08. The molecule has 110 valence electrons. The van der Waals surface area contributed by atoms with Gasteiger partial charge in [0.1, 0.15) is 6.61 Å². The number of carbonyl (C=O) groups is 1. The highest BCUT2D eigenvalue weighted by atomic mass is 35.5. The summed E-state index contributed by atoms with van der Waals surface area (Å²) in [6.07, 6.45) is -0.574. The van der Waals surface area contributed by atoms with Gasteiger partial charge in [0.2, 0.25) is 0 Å². The van der Waals surface area contributed by atoms with Gasteiger partial charge in [-0.25, -0.2) is 4.79 Å². The molecule has 3 nitrogen and oxygen atoms in total. The van der Waals surface area contributed by atoms with Crippen LogP contribution in [0.1, 0.15) is 11.1 Å². The van der Waals surface area contributed by atoms with Crippen molar-refractivity contribution in [1.29, 1.82) is 0 Å². The Hall–Kier alpha value is -1.42. The summed E-state index contributed by atoms with van der Waals surface area (Å²) >= 11 is 17.4. The molecule has 2 rings (SSSR count). The van der Waals surface area contributed by atoms with Crippen LogP contribution in [0.15, 0.2) is 42.5 Å². The summed E-state index contributed by atoms with van der Waals surface area (Å²) < 4.78 is 5.12. The van der Waals surface area contributed by atoms with E-state index in [0.717, 1.165) is 11.1 Å². The molecule has 1 N–H and O–H groups in total. The number of halogens is 3. The molecule has 0 atom stereocenters. The lowest BCUT2D eigenvalue weighted by atomic mass is 10.2. The van der Waals surface area contributed by atoms with Crippen LogP contribution in [0.5, 0.6) is 0 Å². The Morgan fingerprint density at radius 1 is 1.00 bits per heavy atom. The minimum absolute atomic E-state index is 0.169. The van der Waals surface area contributed by atoms with Crippen LogP contribution < -0.4 is 5.32 Å². The highest BCUT2D eigenvalue weighted by molar-refractivity contribution is 6.35. The first-order chi connectivity index (χ1) is 10.1. The molecule has 21 heavy (non-hydrogen) atoms. The number of hydrogen-bond donors (Lipinski definition) is 1. The maximum Gasteiger partial charge on any atom is 0.411 e. The monoisotopic (exact) mass is 343 g/mol. The predicted octanol–water partition coefficient (Wildman–Crippen LogP) is 5.48. The first-order valence-corrected chi connectivity index (χ1v) is 7.39. The van der Waals surface area contributed by atoms with E-state index in [0.29, 0.717) is 21.6 Å². The lowest BCUT2D eigenvalue weighted by Crippen LogP contribution is -2.13. The average Bonchev–Trinajstić information content (AvgIpc) is 2.44. The molecule has 0 spiro atoms. The van der Waals surface area contributed by atoms with Gasteiger partial charge >= 0.3 is 6.09 Å². The van der Waals surface area contributed by atoms with Crippen LogP contribution in [-0.4, -0.2) is 6.09 Å². The van der Waals surface area contributed by atoms with Crippen LogP contribution in [0.4, 0.5) is 10.5 Å². The van der Waals surface area contributed by atoms with Crippen LogP contribution in [0.3, 0.4) is 0 Å². The number of benzene rings is 2.